The van der Waals surface area contributed by atoms with E-state index in [1.165, 1.54) is 0 Å². The first kappa shape index (κ1) is 22.8. The molecule has 176 valence electrons. The fraction of sp³-hybridized carbons (Fsp3) is 0.440. The van der Waals surface area contributed by atoms with Gasteiger partial charge in [0.2, 0.25) is 18.6 Å². The molecule has 2 atom stereocenters. The monoisotopic (exact) mass is 454 g/mol. The van der Waals surface area contributed by atoms with Gasteiger partial charge in [-0.3, -0.25) is 9.59 Å². The topological polar surface area (TPSA) is 77.5 Å². The van der Waals surface area contributed by atoms with Crippen LogP contribution in [0.25, 0.3) is 0 Å². The smallest absolute Gasteiger partial charge is 0.231 e. The Morgan fingerprint density at radius 1 is 0.939 bits per heavy atom. The lowest BCUT2D eigenvalue weighted by Crippen LogP contribution is -2.25. The summed E-state index contributed by atoms with van der Waals surface area (Å²) in [7, 11) is 3.21. The summed E-state index contributed by atoms with van der Waals surface area (Å²) in [5, 5.41) is 0. The van der Waals surface area contributed by atoms with Gasteiger partial charge in [-0.25, -0.2) is 0 Å². The van der Waals surface area contributed by atoms with Gasteiger partial charge < -0.3 is 28.7 Å². The van der Waals surface area contributed by atoms with Gasteiger partial charge in [-0.1, -0.05) is 13.8 Å². The molecule has 3 heterocycles. The van der Waals surface area contributed by atoms with Gasteiger partial charge in [-0.15, -0.1) is 0 Å². The van der Waals surface area contributed by atoms with Crippen molar-refractivity contribution in [2.24, 2.45) is 11.8 Å². The van der Waals surface area contributed by atoms with Crippen LogP contribution in [-0.2, 0) is 9.59 Å². The maximum Gasteiger partial charge on any atom is 0.231 e. The lowest BCUT2D eigenvalue weighted by atomic mass is 10.0. The van der Waals surface area contributed by atoms with E-state index < -0.39 is 0 Å². The fourth-order valence-electron chi connectivity index (χ4n) is 4.22. The third-order valence-electron chi connectivity index (χ3n) is 6.40. The summed E-state index contributed by atoms with van der Waals surface area (Å²) in [5.41, 5.74) is 1.69. The lowest BCUT2D eigenvalue weighted by Gasteiger charge is -2.19. The number of carbonyl (C=O) groups is 2. The van der Waals surface area contributed by atoms with E-state index in [0.717, 1.165) is 48.1 Å². The van der Waals surface area contributed by atoms with Crippen molar-refractivity contribution in [2.45, 2.75) is 26.7 Å². The van der Waals surface area contributed by atoms with E-state index in [0.29, 0.717) is 18.1 Å². The molecule has 0 saturated carbocycles. The first-order valence-electron chi connectivity index (χ1n) is 11.2. The Hall–Kier alpha value is -3.42. The number of anilines is 2. The van der Waals surface area contributed by atoms with Gasteiger partial charge in [0.15, 0.2) is 11.5 Å². The van der Waals surface area contributed by atoms with Crippen LogP contribution in [0.2, 0.25) is 0 Å². The molecule has 0 spiro atoms. The molecule has 3 aliphatic rings. The molecule has 0 radical (unpaired) electrons. The van der Waals surface area contributed by atoms with Crippen molar-refractivity contribution in [2.75, 3.05) is 43.9 Å². The summed E-state index contributed by atoms with van der Waals surface area (Å²) < 4.78 is 21.0. The highest BCUT2D eigenvalue weighted by atomic mass is 16.7. The Balaban J connectivity index is 0.000000157. The highest BCUT2D eigenvalue weighted by Gasteiger charge is 2.35. The van der Waals surface area contributed by atoms with E-state index in [-0.39, 0.29) is 24.5 Å². The number of hydrogen-bond donors (Lipinski definition) is 0. The van der Waals surface area contributed by atoms with E-state index in [2.05, 4.69) is 6.92 Å². The SMILES string of the molecule is COc1ccc(OC)c(N2CCCC2=O)c1.C[C@H]1CN(c2ccc3c(c2)OCO3)C(=O)[C@@H]1C. The number of carbonyl (C=O) groups excluding carboxylic acids is 2. The normalized spacial score (nSPS) is 21.2. The summed E-state index contributed by atoms with van der Waals surface area (Å²) >= 11 is 0. The van der Waals surface area contributed by atoms with E-state index in [1.54, 1.807) is 19.1 Å². The van der Waals surface area contributed by atoms with Crippen molar-refractivity contribution in [3.63, 3.8) is 0 Å². The van der Waals surface area contributed by atoms with E-state index in [1.807, 2.05) is 48.2 Å². The minimum Gasteiger partial charge on any atom is -0.497 e. The number of fused-ring (bicyclic) bond motifs is 1. The van der Waals surface area contributed by atoms with Gasteiger partial charge in [0.05, 0.1) is 19.9 Å². The Labute approximate surface area is 194 Å². The Kier molecular flexibility index (Phi) is 6.62. The first-order valence-corrected chi connectivity index (χ1v) is 11.2. The maximum absolute atomic E-state index is 12.1. The summed E-state index contributed by atoms with van der Waals surface area (Å²) in [6.07, 6.45) is 1.51. The highest BCUT2D eigenvalue weighted by Crippen LogP contribution is 2.38. The van der Waals surface area contributed by atoms with Gasteiger partial charge in [-0.05, 0) is 36.6 Å². The Morgan fingerprint density at radius 3 is 2.36 bits per heavy atom. The predicted octanol–water partition coefficient (Wildman–Crippen LogP) is 3.86. The lowest BCUT2D eigenvalue weighted by molar-refractivity contribution is -0.120. The number of ether oxygens (including phenoxy) is 4. The maximum atomic E-state index is 12.1. The second-order valence-corrected chi connectivity index (χ2v) is 8.44. The molecule has 2 saturated heterocycles. The van der Waals surface area contributed by atoms with Gasteiger partial charge in [0.1, 0.15) is 11.5 Å². The molecule has 2 fully saturated rings. The molecule has 0 aromatic heterocycles. The molecule has 3 aliphatic heterocycles. The van der Waals surface area contributed by atoms with Gasteiger partial charge in [-0.2, -0.15) is 0 Å². The van der Waals surface area contributed by atoms with Crippen molar-refractivity contribution in [1.29, 1.82) is 0 Å². The molecule has 2 aromatic carbocycles. The van der Waals surface area contributed by atoms with Crippen molar-refractivity contribution >= 4 is 23.2 Å². The van der Waals surface area contributed by atoms with Gasteiger partial charge in [0, 0.05) is 43.2 Å². The van der Waals surface area contributed by atoms with Crippen molar-refractivity contribution in [3.05, 3.63) is 36.4 Å². The minimum atomic E-state index is 0.0976. The average molecular weight is 455 g/mol. The van der Waals surface area contributed by atoms with Crippen molar-refractivity contribution in [1.82, 2.24) is 0 Å². The number of methoxy groups -OCH3 is 2. The zero-order chi connectivity index (χ0) is 23.5. The summed E-state index contributed by atoms with van der Waals surface area (Å²) in [4.78, 5) is 27.3. The number of benzene rings is 2. The van der Waals surface area contributed by atoms with E-state index >= 15 is 0 Å². The van der Waals surface area contributed by atoms with Gasteiger partial charge in [0.25, 0.3) is 0 Å². The van der Waals surface area contributed by atoms with Crippen molar-refractivity contribution < 1.29 is 28.5 Å². The zero-order valence-electron chi connectivity index (χ0n) is 19.5. The number of rotatable bonds is 4. The van der Waals surface area contributed by atoms with Crippen LogP contribution >= 0.6 is 0 Å². The molecule has 5 rings (SSSR count). The molecule has 0 bridgehead atoms. The third-order valence-corrected chi connectivity index (χ3v) is 6.40. The number of amides is 2. The van der Waals surface area contributed by atoms with E-state index in [9.17, 15) is 9.59 Å². The second-order valence-electron chi connectivity index (χ2n) is 8.44. The molecule has 0 N–H and O–H groups in total. The van der Waals surface area contributed by atoms with Crippen LogP contribution in [0.1, 0.15) is 26.7 Å². The molecule has 2 aromatic rings. The number of nitrogens with zero attached hydrogens (tertiary/aromatic N) is 2. The number of hydrogen-bond acceptors (Lipinski definition) is 6. The first-order chi connectivity index (χ1) is 15.9. The van der Waals surface area contributed by atoms with Crippen LogP contribution in [0.4, 0.5) is 11.4 Å². The standard InChI is InChI=1S/C13H15NO3.C12H15NO3/c1-8-6-14(13(15)9(8)2)10-3-4-11-12(5-10)17-7-16-11;1-15-9-5-6-11(16-2)10(8-9)13-7-3-4-12(13)14/h3-5,8-9H,6-7H2,1-2H3;5-6,8H,3-4,7H2,1-2H3/t8-,9+;/m0./s1. The minimum absolute atomic E-state index is 0.0976. The molecule has 0 unspecified atom stereocenters. The largest absolute Gasteiger partial charge is 0.497 e. The molecule has 2 amide bonds. The summed E-state index contributed by atoms with van der Waals surface area (Å²) in [5.74, 6) is 3.74. The van der Waals surface area contributed by atoms with E-state index in [4.69, 9.17) is 18.9 Å². The van der Waals surface area contributed by atoms with Crippen LogP contribution in [0, 0.1) is 11.8 Å². The van der Waals surface area contributed by atoms with Crippen LogP contribution < -0.4 is 28.7 Å². The van der Waals surface area contributed by atoms with Crippen LogP contribution in [-0.4, -0.2) is 45.9 Å². The molecule has 8 nitrogen and oxygen atoms in total. The molecule has 33 heavy (non-hydrogen) atoms. The fourth-order valence-corrected chi connectivity index (χ4v) is 4.22. The summed E-state index contributed by atoms with van der Waals surface area (Å²) in [6, 6.07) is 11.1. The van der Waals surface area contributed by atoms with Crippen LogP contribution in [0.5, 0.6) is 23.0 Å². The van der Waals surface area contributed by atoms with Crippen LogP contribution in [0.3, 0.4) is 0 Å². The molecular formula is C25H30N2O6. The second kappa shape index (κ2) is 9.60. The Bertz CT molecular complexity index is 1040. The molecule has 0 aliphatic carbocycles. The molecular weight excluding hydrogens is 424 g/mol. The third kappa shape index (κ3) is 4.55. The quantitative estimate of drug-likeness (QED) is 0.698. The van der Waals surface area contributed by atoms with Crippen LogP contribution in [0.15, 0.2) is 36.4 Å². The highest BCUT2D eigenvalue weighted by molar-refractivity contribution is 5.98. The van der Waals surface area contributed by atoms with Gasteiger partial charge >= 0.3 is 0 Å². The zero-order valence-corrected chi connectivity index (χ0v) is 19.5. The van der Waals surface area contributed by atoms with Crippen molar-refractivity contribution in [3.8, 4) is 23.0 Å². The summed E-state index contributed by atoms with van der Waals surface area (Å²) in [6.45, 7) is 5.89. The average Bonchev–Trinajstić information content (AvgIpc) is 3.54. The Morgan fingerprint density at radius 2 is 1.73 bits per heavy atom. The molecule has 8 heteroatoms. The predicted molar refractivity (Wildman–Crippen MR) is 124 cm³/mol.